The summed E-state index contributed by atoms with van der Waals surface area (Å²) < 4.78 is 0. The average Bonchev–Trinajstić information content (AvgIpc) is 2.75. The summed E-state index contributed by atoms with van der Waals surface area (Å²) in [6.45, 7) is 4.85. The Balaban J connectivity index is 2.26. The standard InChI is InChI=1S/C13H20N2O/c1-3-14(2)12-6-4-5-7-13(12)15-9-8-11(16)10-15/h4-7,11,16H,3,8-10H2,1-2H3/t11-/m0/s1. The summed E-state index contributed by atoms with van der Waals surface area (Å²) in [6, 6.07) is 8.41. The van der Waals surface area contributed by atoms with E-state index in [4.69, 9.17) is 0 Å². The Hall–Kier alpha value is -1.22. The number of benzene rings is 1. The third-order valence-electron chi connectivity index (χ3n) is 3.27. The van der Waals surface area contributed by atoms with E-state index in [2.05, 4.69) is 48.0 Å². The first-order chi connectivity index (χ1) is 7.72. The van der Waals surface area contributed by atoms with Crippen LogP contribution < -0.4 is 9.80 Å². The van der Waals surface area contributed by atoms with Crippen LogP contribution in [0.3, 0.4) is 0 Å². The maximum absolute atomic E-state index is 9.59. The van der Waals surface area contributed by atoms with Gasteiger partial charge in [0.15, 0.2) is 0 Å². The van der Waals surface area contributed by atoms with Crippen LogP contribution in [0.15, 0.2) is 24.3 Å². The highest BCUT2D eigenvalue weighted by atomic mass is 16.3. The fraction of sp³-hybridized carbons (Fsp3) is 0.538. The lowest BCUT2D eigenvalue weighted by molar-refractivity contribution is 0.198. The van der Waals surface area contributed by atoms with Gasteiger partial charge >= 0.3 is 0 Å². The molecule has 1 N–H and O–H groups in total. The summed E-state index contributed by atoms with van der Waals surface area (Å²) in [4.78, 5) is 4.51. The molecule has 1 aliphatic rings. The van der Waals surface area contributed by atoms with Gasteiger partial charge in [0.2, 0.25) is 0 Å². The number of nitrogens with zero attached hydrogens (tertiary/aromatic N) is 2. The molecule has 3 nitrogen and oxygen atoms in total. The van der Waals surface area contributed by atoms with Crippen LogP contribution in [0.25, 0.3) is 0 Å². The second kappa shape index (κ2) is 4.74. The largest absolute Gasteiger partial charge is 0.391 e. The quantitative estimate of drug-likeness (QED) is 0.840. The highest BCUT2D eigenvalue weighted by molar-refractivity contribution is 5.71. The molecule has 1 fully saturated rings. The summed E-state index contributed by atoms with van der Waals surface area (Å²) in [5.41, 5.74) is 2.49. The lowest BCUT2D eigenvalue weighted by Gasteiger charge is -2.26. The summed E-state index contributed by atoms with van der Waals surface area (Å²) in [5.74, 6) is 0. The van der Waals surface area contributed by atoms with Gasteiger partial charge in [-0.2, -0.15) is 0 Å². The first-order valence-corrected chi connectivity index (χ1v) is 5.95. The van der Waals surface area contributed by atoms with Crippen LogP contribution in [0.5, 0.6) is 0 Å². The number of anilines is 2. The average molecular weight is 220 g/mol. The van der Waals surface area contributed by atoms with Crippen LogP contribution in [-0.2, 0) is 0 Å². The molecular formula is C13H20N2O. The predicted molar refractivity (Wildman–Crippen MR) is 68.2 cm³/mol. The smallest absolute Gasteiger partial charge is 0.0731 e. The normalized spacial score (nSPS) is 20.2. The topological polar surface area (TPSA) is 26.7 Å². The van der Waals surface area contributed by atoms with Crippen molar-refractivity contribution in [1.82, 2.24) is 0 Å². The maximum atomic E-state index is 9.59. The van der Waals surface area contributed by atoms with Gasteiger partial charge in [0.1, 0.15) is 0 Å². The molecule has 0 aromatic heterocycles. The molecule has 1 aliphatic heterocycles. The second-order valence-corrected chi connectivity index (χ2v) is 4.39. The first kappa shape index (κ1) is 11.3. The number of hydrogen-bond acceptors (Lipinski definition) is 3. The fourth-order valence-electron chi connectivity index (χ4n) is 2.19. The molecule has 0 radical (unpaired) electrons. The molecular weight excluding hydrogens is 200 g/mol. The van der Waals surface area contributed by atoms with Crippen molar-refractivity contribution in [3.8, 4) is 0 Å². The van der Waals surface area contributed by atoms with Crippen LogP contribution in [0.1, 0.15) is 13.3 Å². The van der Waals surface area contributed by atoms with Gasteiger partial charge in [-0.25, -0.2) is 0 Å². The third kappa shape index (κ3) is 2.14. The summed E-state index contributed by atoms with van der Waals surface area (Å²) in [5, 5.41) is 9.59. The lowest BCUT2D eigenvalue weighted by atomic mass is 10.2. The van der Waals surface area contributed by atoms with Gasteiger partial charge < -0.3 is 14.9 Å². The maximum Gasteiger partial charge on any atom is 0.0731 e. The summed E-state index contributed by atoms with van der Waals surface area (Å²) >= 11 is 0. The molecule has 1 aromatic carbocycles. The molecule has 0 bridgehead atoms. The predicted octanol–water partition coefficient (Wildman–Crippen LogP) is 1.71. The molecule has 0 unspecified atom stereocenters. The van der Waals surface area contributed by atoms with Crippen LogP contribution in [-0.4, -0.2) is 37.9 Å². The summed E-state index contributed by atoms with van der Waals surface area (Å²) in [7, 11) is 2.10. The van der Waals surface area contributed by atoms with Crippen molar-refractivity contribution in [2.24, 2.45) is 0 Å². The first-order valence-electron chi connectivity index (χ1n) is 5.95. The molecule has 1 heterocycles. The Labute approximate surface area is 97.3 Å². The van der Waals surface area contributed by atoms with E-state index in [1.807, 2.05) is 0 Å². The van der Waals surface area contributed by atoms with Gasteiger partial charge in [-0.3, -0.25) is 0 Å². The van der Waals surface area contributed by atoms with Crippen molar-refractivity contribution in [2.75, 3.05) is 36.5 Å². The van der Waals surface area contributed by atoms with Crippen LogP contribution in [0.2, 0.25) is 0 Å². The molecule has 0 aliphatic carbocycles. The molecule has 88 valence electrons. The number of rotatable bonds is 3. The van der Waals surface area contributed by atoms with E-state index in [9.17, 15) is 5.11 Å². The van der Waals surface area contributed by atoms with Crippen molar-refractivity contribution >= 4 is 11.4 Å². The van der Waals surface area contributed by atoms with Crippen molar-refractivity contribution in [3.05, 3.63) is 24.3 Å². The molecule has 0 saturated carbocycles. The van der Waals surface area contributed by atoms with Crippen molar-refractivity contribution in [3.63, 3.8) is 0 Å². The van der Waals surface area contributed by atoms with Gasteiger partial charge in [0.25, 0.3) is 0 Å². The fourth-order valence-corrected chi connectivity index (χ4v) is 2.19. The van der Waals surface area contributed by atoms with E-state index < -0.39 is 0 Å². The van der Waals surface area contributed by atoms with Crippen molar-refractivity contribution in [2.45, 2.75) is 19.4 Å². The van der Waals surface area contributed by atoms with Gasteiger partial charge in [-0.05, 0) is 25.5 Å². The van der Waals surface area contributed by atoms with Gasteiger partial charge in [0.05, 0.1) is 17.5 Å². The molecule has 1 saturated heterocycles. The SMILES string of the molecule is CCN(C)c1ccccc1N1CC[C@H](O)C1. The van der Waals surface area contributed by atoms with E-state index in [1.165, 1.54) is 11.4 Å². The molecule has 1 aromatic rings. The van der Waals surface area contributed by atoms with E-state index in [-0.39, 0.29) is 6.10 Å². The number of hydrogen-bond donors (Lipinski definition) is 1. The van der Waals surface area contributed by atoms with Gasteiger partial charge in [-0.1, -0.05) is 12.1 Å². The zero-order valence-electron chi connectivity index (χ0n) is 10.1. The van der Waals surface area contributed by atoms with Crippen LogP contribution >= 0.6 is 0 Å². The Bertz CT molecular complexity index is 354. The number of aliphatic hydroxyl groups excluding tert-OH is 1. The number of para-hydroxylation sites is 2. The second-order valence-electron chi connectivity index (χ2n) is 4.39. The third-order valence-corrected chi connectivity index (χ3v) is 3.27. The van der Waals surface area contributed by atoms with Crippen LogP contribution in [0.4, 0.5) is 11.4 Å². The zero-order chi connectivity index (χ0) is 11.5. The number of β-amino-alcohol motifs (C(OH)–C–C–N with tert-alkyl or cyclic N) is 1. The van der Waals surface area contributed by atoms with E-state index in [1.54, 1.807) is 0 Å². The Kier molecular flexibility index (Phi) is 3.34. The minimum atomic E-state index is -0.167. The number of aliphatic hydroxyl groups is 1. The lowest BCUT2D eigenvalue weighted by Crippen LogP contribution is -2.25. The Morgan fingerprint density at radius 2 is 2.19 bits per heavy atom. The van der Waals surface area contributed by atoms with Crippen molar-refractivity contribution in [1.29, 1.82) is 0 Å². The van der Waals surface area contributed by atoms with E-state index in [0.717, 1.165) is 26.1 Å². The molecule has 16 heavy (non-hydrogen) atoms. The van der Waals surface area contributed by atoms with Crippen molar-refractivity contribution < 1.29 is 5.11 Å². The molecule has 0 amide bonds. The molecule has 3 heteroatoms. The minimum absolute atomic E-state index is 0.167. The Morgan fingerprint density at radius 1 is 1.44 bits per heavy atom. The molecule has 0 spiro atoms. The highest BCUT2D eigenvalue weighted by Gasteiger charge is 2.22. The van der Waals surface area contributed by atoms with E-state index in [0.29, 0.717) is 0 Å². The highest BCUT2D eigenvalue weighted by Crippen LogP contribution is 2.30. The Morgan fingerprint density at radius 3 is 2.81 bits per heavy atom. The molecule has 2 rings (SSSR count). The van der Waals surface area contributed by atoms with Crippen LogP contribution in [0, 0.1) is 0 Å². The van der Waals surface area contributed by atoms with E-state index >= 15 is 0 Å². The molecule has 1 atom stereocenters. The van der Waals surface area contributed by atoms with Gasteiger partial charge in [-0.15, -0.1) is 0 Å². The minimum Gasteiger partial charge on any atom is -0.391 e. The zero-order valence-corrected chi connectivity index (χ0v) is 10.1. The monoisotopic (exact) mass is 220 g/mol. The van der Waals surface area contributed by atoms with Gasteiger partial charge in [0, 0.05) is 26.7 Å². The summed E-state index contributed by atoms with van der Waals surface area (Å²) in [6.07, 6.45) is 0.712.